The first-order chi connectivity index (χ1) is 14.0. The fourth-order valence-corrected chi connectivity index (χ4v) is 4.76. The number of hydrogen-bond donors (Lipinski definition) is 2. The van der Waals surface area contributed by atoms with Gasteiger partial charge in [-0.1, -0.05) is 0 Å². The van der Waals surface area contributed by atoms with E-state index in [4.69, 9.17) is 9.47 Å². The quantitative estimate of drug-likeness (QED) is 0.656. The Bertz CT molecular complexity index is 1150. The maximum Gasteiger partial charge on any atom is 0.255 e. The van der Waals surface area contributed by atoms with Gasteiger partial charge in [-0.3, -0.25) is 9.89 Å². The number of benzene rings is 2. The number of rotatable bonds is 5. The summed E-state index contributed by atoms with van der Waals surface area (Å²) in [4.78, 5) is 12.7. The fourth-order valence-electron chi connectivity index (χ4n) is 3.17. The van der Waals surface area contributed by atoms with Crippen LogP contribution in [0.15, 0.2) is 47.5 Å². The maximum absolute atomic E-state index is 13.1. The van der Waals surface area contributed by atoms with Gasteiger partial charge in [0.1, 0.15) is 10.6 Å². The molecule has 1 saturated heterocycles. The molecule has 0 aliphatic carbocycles. The molecule has 3 aromatic rings. The topological polar surface area (TPSA) is 114 Å². The molecule has 9 nitrogen and oxygen atoms in total. The van der Waals surface area contributed by atoms with Crippen molar-refractivity contribution in [2.45, 2.75) is 4.90 Å². The number of morpholine rings is 1. The van der Waals surface area contributed by atoms with E-state index < -0.39 is 15.9 Å². The molecule has 0 radical (unpaired) electrons. The zero-order chi connectivity index (χ0) is 20.4. The number of H-pyrrole nitrogens is 1. The van der Waals surface area contributed by atoms with Crippen LogP contribution in [0.25, 0.3) is 10.9 Å². The summed E-state index contributed by atoms with van der Waals surface area (Å²) in [5.74, 6) is -0.234. The van der Waals surface area contributed by atoms with E-state index >= 15 is 0 Å². The molecule has 10 heteroatoms. The van der Waals surface area contributed by atoms with E-state index in [-0.39, 0.29) is 29.3 Å². The van der Waals surface area contributed by atoms with E-state index in [9.17, 15) is 13.2 Å². The first kappa shape index (κ1) is 19.4. The van der Waals surface area contributed by atoms with Crippen molar-refractivity contribution in [2.24, 2.45) is 0 Å². The average Bonchev–Trinajstić information content (AvgIpc) is 3.21. The van der Waals surface area contributed by atoms with Crippen molar-refractivity contribution < 1.29 is 22.7 Å². The maximum atomic E-state index is 13.1. The van der Waals surface area contributed by atoms with Crippen molar-refractivity contribution in [3.8, 4) is 5.75 Å². The van der Waals surface area contributed by atoms with Gasteiger partial charge in [0.05, 0.1) is 32.0 Å². The molecule has 1 fully saturated rings. The van der Waals surface area contributed by atoms with Crippen molar-refractivity contribution in [2.75, 3.05) is 38.7 Å². The van der Waals surface area contributed by atoms with Gasteiger partial charge in [0.2, 0.25) is 10.0 Å². The van der Waals surface area contributed by atoms with E-state index in [1.165, 1.54) is 29.6 Å². The molecule has 1 aromatic heterocycles. The van der Waals surface area contributed by atoms with E-state index in [0.29, 0.717) is 18.9 Å². The molecular formula is C19H20N4O5S. The lowest BCUT2D eigenvalue weighted by atomic mass is 10.2. The summed E-state index contributed by atoms with van der Waals surface area (Å²) >= 11 is 0. The lowest BCUT2D eigenvalue weighted by Crippen LogP contribution is -2.40. The average molecular weight is 416 g/mol. The number of aromatic amines is 1. The van der Waals surface area contributed by atoms with Crippen LogP contribution in [-0.4, -0.2) is 62.2 Å². The number of amides is 1. The number of sulfonamides is 1. The fraction of sp³-hybridized carbons (Fsp3) is 0.263. The summed E-state index contributed by atoms with van der Waals surface area (Å²) in [6.45, 7) is 1.18. The van der Waals surface area contributed by atoms with Crippen molar-refractivity contribution in [1.82, 2.24) is 14.5 Å². The molecule has 0 atom stereocenters. The molecule has 29 heavy (non-hydrogen) atoms. The molecular weight excluding hydrogens is 396 g/mol. The van der Waals surface area contributed by atoms with Crippen molar-refractivity contribution in [3.63, 3.8) is 0 Å². The van der Waals surface area contributed by atoms with Crippen molar-refractivity contribution in [1.29, 1.82) is 0 Å². The van der Waals surface area contributed by atoms with Crippen LogP contribution >= 0.6 is 0 Å². The zero-order valence-corrected chi connectivity index (χ0v) is 16.5. The van der Waals surface area contributed by atoms with E-state index in [2.05, 4.69) is 15.5 Å². The number of nitrogens with one attached hydrogen (secondary N) is 2. The Labute approximate surface area is 167 Å². The number of methoxy groups -OCH3 is 1. The molecule has 2 heterocycles. The summed E-state index contributed by atoms with van der Waals surface area (Å²) < 4.78 is 37.9. The van der Waals surface area contributed by atoms with Crippen LogP contribution in [0.1, 0.15) is 10.4 Å². The Morgan fingerprint density at radius 2 is 2.00 bits per heavy atom. The van der Waals surface area contributed by atoms with Crippen molar-refractivity contribution >= 4 is 32.5 Å². The van der Waals surface area contributed by atoms with Crippen LogP contribution in [0.4, 0.5) is 5.69 Å². The highest BCUT2D eigenvalue weighted by Crippen LogP contribution is 2.29. The highest BCUT2D eigenvalue weighted by Gasteiger charge is 2.30. The summed E-state index contributed by atoms with van der Waals surface area (Å²) in [5, 5.41) is 10.4. The number of hydrogen-bond acceptors (Lipinski definition) is 6. The van der Waals surface area contributed by atoms with Gasteiger partial charge >= 0.3 is 0 Å². The number of ether oxygens (including phenoxy) is 2. The minimum absolute atomic E-state index is 0.0418. The second kappa shape index (κ2) is 7.82. The summed E-state index contributed by atoms with van der Waals surface area (Å²) in [6.07, 6.45) is 1.66. The molecule has 0 saturated carbocycles. The first-order valence-corrected chi connectivity index (χ1v) is 10.4. The van der Waals surface area contributed by atoms with Crippen LogP contribution in [0.2, 0.25) is 0 Å². The van der Waals surface area contributed by atoms with Gasteiger partial charge in [0.25, 0.3) is 5.91 Å². The molecule has 1 aliphatic rings. The standard InChI is InChI=1S/C19H20N4O5S/c1-27-17-5-2-13(11-18(17)29(25,26)23-6-8-28-9-7-23)19(24)21-15-3-4-16-14(10-15)12-20-22-16/h2-5,10-12H,6-9H2,1H3,(H,20,22)(H,21,24). The number of nitrogens with zero attached hydrogens (tertiary/aromatic N) is 2. The van der Waals surface area contributed by atoms with Gasteiger partial charge in [-0.05, 0) is 36.4 Å². The van der Waals surface area contributed by atoms with Crippen LogP contribution in [0.5, 0.6) is 5.75 Å². The normalized spacial score (nSPS) is 15.3. The Morgan fingerprint density at radius 1 is 1.21 bits per heavy atom. The van der Waals surface area contributed by atoms with Gasteiger partial charge in [0, 0.05) is 29.7 Å². The predicted molar refractivity (Wildman–Crippen MR) is 107 cm³/mol. The third-order valence-corrected chi connectivity index (χ3v) is 6.63. The number of fused-ring (bicyclic) bond motifs is 1. The molecule has 1 aliphatic heterocycles. The number of aromatic nitrogens is 2. The molecule has 1 amide bonds. The smallest absolute Gasteiger partial charge is 0.255 e. The highest BCUT2D eigenvalue weighted by molar-refractivity contribution is 7.89. The van der Waals surface area contributed by atoms with Crippen LogP contribution in [0, 0.1) is 0 Å². The SMILES string of the molecule is COc1ccc(C(=O)Nc2ccc3[nH]ncc3c2)cc1S(=O)(=O)N1CCOCC1. The summed E-state index contributed by atoms with van der Waals surface area (Å²) in [6, 6.07) is 9.69. The van der Waals surface area contributed by atoms with Crippen LogP contribution < -0.4 is 10.1 Å². The predicted octanol–water partition coefficient (Wildman–Crippen LogP) is 1.84. The minimum atomic E-state index is -3.82. The second-order valence-corrected chi connectivity index (χ2v) is 8.41. The monoisotopic (exact) mass is 416 g/mol. The number of anilines is 1. The molecule has 4 rings (SSSR count). The van der Waals surface area contributed by atoms with Crippen molar-refractivity contribution in [3.05, 3.63) is 48.2 Å². The Balaban J connectivity index is 1.63. The summed E-state index contributed by atoms with van der Waals surface area (Å²) in [5.41, 5.74) is 1.65. The third kappa shape index (κ3) is 3.82. The Kier molecular flexibility index (Phi) is 5.22. The molecule has 0 bridgehead atoms. The Morgan fingerprint density at radius 3 is 2.76 bits per heavy atom. The lowest BCUT2D eigenvalue weighted by molar-refractivity contribution is 0.0729. The Hall–Kier alpha value is -2.95. The molecule has 0 spiro atoms. The second-order valence-electron chi connectivity index (χ2n) is 6.51. The van der Waals surface area contributed by atoms with E-state index in [0.717, 1.165) is 10.9 Å². The van der Waals surface area contributed by atoms with Gasteiger partial charge in [-0.2, -0.15) is 9.40 Å². The molecule has 152 valence electrons. The highest BCUT2D eigenvalue weighted by atomic mass is 32.2. The van der Waals surface area contributed by atoms with Gasteiger partial charge in [-0.25, -0.2) is 8.42 Å². The molecule has 2 aromatic carbocycles. The van der Waals surface area contributed by atoms with Gasteiger partial charge < -0.3 is 14.8 Å². The largest absolute Gasteiger partial charge is 0.495 e. The molecule has 2 N–H and O–H groups in total. The minimum Gasteiger partial charge on any atom is -0.495 e. The first-order valence-electron chi connectivity index (χ1n) is 8.99. The zero-order valence-electron chi connectivity index (χ0n) is 15.7. The van der Waals surface area contributed by atoms with Gasteiger partial charge in [-0.15, -0.1) is 0 Å². The molecule has 0 unspecified atom stereocenters. The lowest BCUT2D eigenvalue weighted by Gasteiger charge is -2.26. The van der Waals surface area contributed by atoms with E-state index in [1.807, 2.05) is 0 Å². The van der Waals surface area contributed by atoms with Gasteiger partial charge in [0.15, 0.2) is 0 Å². The number of carbonyl (C=O) groups is 1. The van der Waals surface area contributed by atoms with E-state index in [1.54, 1.807) is 24.4 Å². The van der Waals surface area contributed by atoms with Crippen LogP contribution in [0.3, 0.4) is 0 Å². The van der Waals surface area contributed by atoms with Crippen LogP contribution in [-0.2, 0) is 14.8 Å². The summed E-state index contributed by atoms with van der Waals surface area (Å²) in [7, 11) is -2.42. The number of carbonyl (C=O) groups excluding carboxylic acids is 1. The third-order valence-electron chi connectivity index (χ3n) is 4.71.